The van der Waals surface area contributed by atoms with Crippen molar-refractivity contribution in [2.45, 2.75) is 63.7 Å². The van der Waals surface area contributed by atoms with Gasteiger partial charge in [-0.25, -0.2) is 8.42 Å². The second-order valence-corrected chi connectivity index (χ2v) is 8.19. The van der Waals surface area contributed by atoms with Crippen molar-refractivity contribution >= 4 is 15.8 Å². The van der Waals surface area contributed by atoms with Crippen molar-refractivity contribution in [3.05, 3.63) is 0 Å². The van der Waals surface area contributed by atoms with Gasteiger partial charge in [-0.2, -0.15) is 0 Å². The molecule has 1 aliphatic carbocycles. The standard InChI is InChI=1S/C13H27N3O2S/c1-11(2)19(17,18)10-9-15-13(14)16-12-7-5-3-4-6-8-12/h11-12H,3-10H2,1-2H3,(H3,14,15,16). The first-order valence-electron chi connectivity index (χ1n) is 7.20. The maximum absolute atomic E-state index is 11.6. The number of sulfone groups is 1. The number of nitrogens with one attached hydrogen (secondary N) is 1. The Hall–Kier alpha value is -0.780. The molecule has 0 atom stereocenters. The Labute approximate surface area is 117 Å². The quantitative estimate of drug-likeness (QED) is 0.455. The van der Waals surface area contributed by atoms with Crippen molar-refractivity contribution < 1.29 is 8.42 Å². The van der Waals surface area contributed by atoms with Crippen LogP contribution < -0.4 is 11.1 Å². The smallest absolute Gasteiger partial charge is 0.188 e. The van der Waals surface area contributed by atoms with Crippen molar-refractivity contribution in [2.24, 2.45) is 10.7 Å². The maximum Gasteiger partial charge on any atom is 0.188 e. The van der Waals surface area contributed by atoms with Gasteiger partial charge >= 0.3 is 0 Å². The van der Waals surface area contributed by atoms with Crippen LogP contribution in [0, 0.1) is 0 Å². The molecule has 1 rings (SSSR count). The fourth-order valence-corrected chi connectivity index (χ4v) is 3.02. The molecule has 0 bridgehead atoms. The normalized spacial score (nSPS) is 19.4. The molecule has 0 unspecified atom stereocenters. The first-order valence-corrected chi connectivity index (χ1v) is 8.91. The van der Waals surface area contributed by atoms with E-state index in [4.69, 9.17) is 5.73 Å². The van der Waals surface area contributed by atoms with Crippen molar-refractivity contribution in [1.82, 2.24) is 5.32 Å². The predicted octanol–water partition coefficient (Wildman–Crippen LogP) is 1.44. The van der Waals surface area contributed by atoms with E-state index in [-0.39, 0.29) is 17.5 Å². The van der Waals surface area contributed by atoms with Gasteiger partial charge in [0.25, 0.3) is 0 Å². The van der Waals surface area contributed by atoms with E-state index in [1.165, 1.54) is 25.7 Å². The zero-order valence-corrected chi connectivity index (χ0v) is 12.9. The van der Waals surface area contributed by atoms with Gasteiger partial charge < -0.3 is 11.1 Å². The van der Waals surface area contributed by atoms with Crippen LogP contribution in [0.5, 0.6) is 0 Å². The first-order chi connectivity index (χ1) is 8.92. The van der Waals surface area contributed by atoms with Crippen LogP contribution in [0.3, 0.4) is 0 Å². The van der Waals surface area contributed by atoms with E-state index >= 15 is 0 Å². The Morgan fingerprint density at radius 2 is 1.84 bits per heavy atom. The van der Waals surface area contributed by atoms with Gasteiger partial charge in [-0.15, -0.1) is 0 Å². The van der Waals surface area contributed by atoms with Gasteiger partial charge in [0, 0.05) is 6.04 Å². The van der Waals surface area contributed by atoms with Crippen molar-refractivity contribution in [3.8, 4) is 0 Å². The fourth-order valence-electron chi connectivity index (χ4n) is 2.21. The number of nitrogens with two attached hydrogens (primary N) is 1. The lowest BCUT2D eigenvalue weighted by molar-refractivity contribution is 0.530. The molecule has 112 valence electrons. The second-order valence-electron chi connectivity index (χ2n) is 5.52. The molecule has 0 radical (unpaired) electrons. The third-order valence-corrected chi connectivity index (χ3v) is 5.77. The summed E-state index contributed by atoms with van der Waals surface area (Å²) in [6.07, 6.45) is 7.30. The summed E-state index contributed by atoms with van der Waals surface area (Å²) in [5, 5.41) is 2.86. The summed E-state index contributed by atoms with van der Waals surface area (Å²) >= 11 is 0. The van der Waals surface area contributed by atoms with Gasteiger partial charge in [-0.3, -0.25) is 4.99 Å². The Balaban J connectivity index is 2.36. The largest absolute Gasteiger partial charge is 0.370 e. The molecule has 0 amide bonds. The van der Waals surface area contributed by atoms with E-state index in [1.807, 2.05) is 0 Å². The minimum atomic E-state index is -3.02. The van der Waals surface area contributed by atoms with E-state index in [2.05, 4.69) is 10.3 Å². The number of hydrogen-bond acceptors (Lipinski definition) is 3. The van der Waals surface area contributed by atoms with Gasteiger partial charge in [0.2, 0.25) is 0 Å². The molecule has 0 aliphatic heterocycles. The first kappa shape index (κ1) is 16.3. The molecule has 1 aliphatic rings. The lowest BCUT2D eigenvalue weighted by atomic mass is 10.1. The van der Waals surface area contributed by atoms with Crippen LogP contribution in [0.25, 0.3) is 0 Å². The predicted molar refractivity (Wildman–Crippen MR) is 80.0 cm³/mol. The van der Waals surface area contributed by atoms with E-state index in [9.17, 15) is 8.42 Å². The van der Waals surface area contributed by atoms with Crippen molar-refractivity contribution in [3.63, 3.8) is 0 Å². The van der Waals surface area contributed by atoms with Crippen LogP contribution in [-0.4, -0.2) is 38.0 Å². The van der Waals surface area contributed by atoms with Gasteiger partial charge in [0.05, 0.1) is 17.5 Å². The van der Waals surface area contributed by atoms with Crippen LogP contribution in [-0.2, 0) is 9.84 Å². The molecular weight excluding hydrogens is 262 g/mol. The third kappa shape index (κ3) is 6.27. The topological polar surface area (TPSA) is 84.5 Å². The monoisotopic (exact) mass is 289 g/mol. The number of aliphatic imine (C=N–C) groups is 1. The zero-order chi connectivity index (χ0) is 14.3. The molecule has 3 N–H and O–H groups in total. The van der Waals surface area contributed by atoms with E-state index < -0.39 is 9.84 Å². The van der Waals surface area contributed by atoms with Crippen LogP contribution in [0.4, 0.5) is 0 Å². The highest BCUT2D eigenvalue weighted by Crippen LogP contribution is 2.16. The highest BCUT2D eigenvalue weighted by atomic mass is 32.2. The Morgan fingerprint density at radius 3 is 2.37 bits per heavy atom. The Morgan fingerprint density at radius 1 is 1.26 bits per heavy atom. The third-order valence-electron chi connectivity index (χ3n) is 3.58. The van der Waals surface area contributed by atoms with Gasteiger partial charge in [-0.1, -0.05) is 25.7 Å². The number of guanidine groups is 1. The molecule has 1 saturated carbocycles. The summed E-state index contributed by atoms with van der Waals surface area (Å²) in [6.45, 7) is 3.62. The lowest BCUT2D eigenvalue weighted by Gasteiger charge is -2.16. The Kier molecular flexibility index (Phi) is 6.62. The number of nitrogens with zero attached hydrogens (tertiary/aromatic N) is 1. The molecule has 0 aromatic heterocycles. The van der Waals surface area contributed by atoms with Crippen molar-refractivity contribution in [1.29, 1.82) is 0 Å². The van der Waals surface area contributed by atoms with Crippen LogP contribution in [0.1, 0.15) is 52.4 Å². The van der Waals surface area contributed by atoms with E-state index in [0.717, 1.165) is 12.8 Å². The van der Waals surface area contributed by atoms with Crippen LogP contribution >= 0.6 is 0 Å². The summed E-state index contributed by atoms with van der Waals surface area (Å²) in [5.41, 5.74) is 5.81. The average molecular weight is 289 g/mol. The highest BCUT2D eigenvalue weighted by Gasteiger charge is 2.15. The van der Waals surface area contributed by atoms with Crippen LogP contribution in [0.15, 0.2) is 4.99 Å². The molecule has 5 nitrogen and oxygen atoms in total. The number of hydrogen-bond donors (Lipinski definition) is 2. The SMILES string of the molecule is CC(C)S(=O)(=O)CCN=C(N)NC1CCCCCC1. The molecule has 6 heteroatoms. The van der Waals surface area contributed by atoms with E-state index in [1.54, 1.807) is 13.8 Å². The molecule has 0 spiro atoms. The van der Waals surface area contributed by atoms with Gasteiger partial charge in [-0.05, 0) is 26.7 Å². The lowest BCUT2D eigenvalue weighted by Crippen LogP contribution is -2.40. The summed E-state index contributed by atoms with van der Waals surface area (Å²) in [4.78, 5) is 4.12. The molecule has 19 heavy (non-hydrogen) atoms. The average Bonchev–Trinajstić information content (AvgIpc) is 2.57. The van der Waals surface area contributed by atoms with Crippen LogP contribution in [0.2, 0.25) is 0 Å². The molecule has 0 saturated heterocycles. The molecule has 1 fully saturated rings. The van der Waals surface area contributed by atoms with Gasteiger partial charge in [0.1, 0.15) is 0 Å². The van der Waals surface area contributed by atoms with E-state index in [0.29, 0.717) is 12.0 Å². The summed E-state index contributed by atoms with van der Waals surface area (Å²) in [7, 11) is -3.02. The summed E-state index contributed by atoms with van der Waals surface area (Å²) < 4.78 is 23.2. The summed E-state index contributed by atoms with van der Waals surface area (Å²) in [5.74, 6) is 0.448. The molecular formula is C13H27N3O2S. The van der Waals surface area contributed by atoms with Gasteiger partial charge in [0.15, 0.2) is 15.8 Å². The minimum absolute atomic E-state index is 0.0672. The minimum Gasteiger partial charge on any atom is -0.370 e. The second kappa shape index (κ2) is 7.72. The fraction of sp³-hybridized carbons (Fsp3) is 0.923. The zero-order valence-electron chi connectivity index (χ0n) is 12.1. The number of rotatable bonds is 5. The highest BCUT2D eigenvalue weighted by molar-refractivity contribution is 7.92. The maximum atomic E-state index is 11.6. The Bertz CT molecular complexity index is 383. The molecule has 0 aromatic rings. The summed E-state index contributed by atoms with van der Waals surface area (Å²) in [6, 6.07) is 0.396. The van der Waals surface area contributed by atoms with Crippen molar-refractivity contribution in [2.75, 3.05) is 12.3 Å². The molecule has 0 heterocycles. The molecule has 0 aromatic carbocycles.